The molecule has 0 saturated carbocycles. The van der Waals surface area contributed by atoms with Crippen molar-refractivity contribution in [2.24, 2.45) is 0 Å². The van der Waals surface area contributed by atoms with Gasteiger partial charge in [-0.15, -0.1) is 0 Å². The summed E-state index contributed by atoms with van der Waals surface area (Å²) in [6.45, 7) is -0.693. The molecule has 0 aliphatic heterocycles. The van der Waals surface area contributed by atoms with Crippen molar-refractivity contribution in [3.8, 4) is 0 Å². The predicted octanol–water partition coefficient (Wildman–Crippen LogP) is 3.08. The number of carboxylic acid groups (broad SMARTS) is 1. The number of hydrogen-bond acceptors (Lipinski definition) is 6. The molecule has 1 heterocycles. The van der Waals surface area contributed by atoms with E-state index in [1.807, 2.05) is 107 Å². The molecule has 0 atom stereocenters. The molecule has 312 valence electrons. The Labute approximate surface area is 415 Å². The molecule has 0 fully saturated rings. The van der Waals surface area contributed by atoms with Crippen molar-refractivity contribution in [2.75, 3.05) is 6.61 Å². The average molecular weight is 1330 g/mol. The van der Waals surface area contributed by atoms with Gasteiger partial charge >= 0.3 is 11.9 Å². The maximum absolute atomic E-state index is 12.8. The molecule has 0 amide bonds. The van der Waals surface area contributed by atoms with Crippen LogP contribution in [0.4, 0.5) is 0 Å². The van der Waals surface area contributed by atoms with Crippen LogP contribution in [0.25, 0.3) is 10.9 Å². The molecular weight excluding hydrogens is 1320 g/mol. The fourth-order valence-corrected chi connectivity index (χ4v) is 74.4. The van der Waals surface area contributed by atoms with Gasteiger partial charge in [0.25, 0.3) is 5.91 Å². The third kappa shape index (κ3) is 28.3. The third-order valence-electron chi connectivity index (χ3n) is 4.55. The molecule has 0 bridgehead atoms. The van der Waals surface area contributed by atoms with Gasteiger partial charge in [0.1, 0.15) is 0 Å². The highest BCUT2D eigenvalue weighted by Gasteiger charge is 2.17. The van der Waals surface area contributed by atoms with E-state index >= 15 is 0 Å². The molecule has 0 aliphatic carbocycles. The Bertz CT molecular complexity index is 3120. The van der Waals surface area contributed by atoms with E-state index in [1.54, 1.807) is 179 Å². The van der Waals surface area contributed by atoms with Crippen LogP contribution >= 0.6 is 11.6 Å². The zero-order valence-corrected chi connectivity index (χ0v) is 51.0. The zero-order chi connectivity index (χ0) is 40.5. The molecule has 0 spiro atoms. The summed E-state index contributed by atoms with van der Waals surface area (Å²) in [5, 5.41) is 9.84. The van der Waals surface area contributed by atoms with Gasteiger partial charge in [0.15, 0.2) is 6.61 Å². The van der Waals surface area contributed by atoms with Crippen LogP contribution in [0.1, 0.15) is 15.9 Å². The highest BCUT2D eigenvalue weighted by molar-refractivity contribution is 8.80. The summed E-state index contributed by atoms with van der Waals surface area (Å²) >= 11 is 15.4. The number of fused-ring (bicyclic) bond motifs is 1. The van der Waals surface area contributed by atoms with E-state index < -0.39 is 18.5 Å². The molecule has 1 N–H and O–H groups in total. The molecule has 0 aliphatic rings. The van der Waals surface area contributed by atoms with Crippen molar-refractivity contribution < 1.29 is 24.2 Å². The van der Waals surface area contributed by atoms with Crippen LogP contribution in [0.2, 0.25) is 5.02 Å². The Morgan fingerprint density at radius 2 is 0.946 bits per heavy atom. The Morgan fingerprint density at radius 3 is 1.32 bits per heavy atom. The van der Waals surface area contributed by atoms with Gasteiger partial charge < -0.3 is 9.84 Å². The summed E-state index contributed by atoms with van der Waals surface area (Å²) in [7, 11) is 49.1. The second-order valence-electron chi connectivity index (χ2n) is 7.49. The molecule has 0 radical (unpaired) electrons. The molecule has 0 saturated heterocycles. The second kappa shape index (κ2) is 38.9. The molecule has 37 heteroatoms. The number of esters is 1. The van der Waals surface area contributed by atoms with Crippen LogP contribution in [-0.2, 0) is 292 Å². The molecule has 1 aromatic heterocycles. The predicted molar refractivity (Wildman–Crippen MR) is 316 cm³/mol. The van der Waals surface area contributed by atoms with Crippen LogP contribution in [0.3, 0.4) is 0 Å². The maximum Gasteiger partial charge on any atom is 0.341 e. The number of para-hydroxylation sites is 1. The number of aliphatic carboxylic acids is 1. The van der Waals surface area contributed by atoms with E-state index in [2.05, 4.69) is 4.74 Å². The molecule has 0 unspecified atom stereocenters. The van der Waals surface area contributed by atoms with Gasteiger partial charge in [0.05, 0.1) is 11.9 Å². The summed E-state index contributed by atoms with van der Waals surface area (Å²) < 4.78 is 6.13. The van der Waals surface area contributed by atoms with Crippen molar-refractivity contribution >= 4 is 311 Å². The van der Waals surface area contributed by atoms with Crippen molar-refractivity contribution in [1.82, 2.24) is 4.57 Å². The quantitative estimate of drug-likeness (QED) is 0.394. The maximum atomic E-state index is 12.8. The lowest BCUT2D eigenvalue weighted by atomic mass is 10.1. The number of carbonyl (C=O) groups is 3. The topological polar surface area (TPSA) is 85.6 Å². The molecule has 3 rings (SSSR count). The van der Waals surface area contributed by atoms with Crippen LogP contribution in [-0.4, -0.2) is 34.1 Å². The first kappa shape index (κ1) is 55.6. The van der Waals surface area contributed by atoms with Gasteiger partial charge in [0, 0.05) is 293 Å². The fourth-order valence-electron chi connectivity index (χ4n) is 2.93. The van der Waals surface area contributed by atoms with Gasteiger partial charge in [-0.05, 0) is 35.9 Å². The van der Waals surface area contributed by atoms with E-state index in [4.69, 9.17) is 39.1 Å². The first-order chi connectivity index (χ1) is 27.4. The first-order valence-corrected chi connectivity index (χ1v) is 51.6. The van der Waals surface area contributed by atoms with Gasteiger partial charge in [0.2, 0.25) is 0 Å². The fraction of sp³-hybridized carbons (Fsp3) is 0.105. The van der Waals surface area contributed by atoms with Crippen LogP contribution < -0.4 is 0 Å². The van der Waals surface area contributed by atoms with E-state index in [-0.39, 0.29) is 12.3 Å². The molecule has 56 heavy (non-hydrogen) atoms. The minimum Gasteiger partial charge on any atom is -0.479 e. The van der Waals surface area contributed by atoms with Crippen molar-refractivity contribution in [3.63, 3.8) is 0 Å². The lowest BCUT2D eigenvalue weighted by molar-refractivity contribution is -0.154. The van der Waals surface area contributed by atoms with E-state index in [0.717, 1.165) is 5.39 Å². The average Bonchev–Trinajstić information content (AvgIpc) is 3.56. The van der Waals surface area contributed by atoms with Crippen LogP contribution in [0, 0.1) is 0 Å². The van der Waals surface area contributed by atoms with Crippen molar-refractivity contribution in [1.29, 1.82) is 0 Å². The first-order valence-electron chi connectivity index (χ1n) is 12.6. The number of carbonyl (C=O) groups excluding carboxylic acids is 2. The highest BCUT2D eigenvalue weighted by atomic mass is 35.5. The highest BCUT2D eigenvalue weighted by Crippen LogP contribution is 2.23. The number of carboxylic acids is 1. The van der Waals surface area contributed by atoms with E-state index in [9.17, 15) is 14.4 Å². The lowest BCUT2D eigenvalue weighted by Gasteiger charge is -2.04. The van der Waals surface area contributed by atoms with Gasteiger partial charge in [-0.2, -0.15) is 0 Å². The number of ether oxygens (including phenoxy) is 1. The molecule has 6 nitrogen and oxygen atoms in total. The van der Waals surface area contributed by atoms with Crippen molar-refractivity contribution in [3.05, 3.63) is 70.9 Å². The summed E-state index contributed by atoms with van der Waals surface area (Å²) in [5.41, 5.74) is 1.68. The largest absolute Gasteiger partial charge is 0.479 e. The minimum absolute atomic E-state index is 0.130. The Balaban J connectivity index is 0.000000389. The number of aromatic nitrogens is 1. The molecule has 3 aromatic rings. The number of benzene rings is 2. The van der Waals surface area contributed by atoms with Crippen molar-refractivity contribution in [2.45, 2.75) is 6.42 Å². The third-order valence-corrected chi connectivity index (χ3v) is 64.8. The number of rotatable bonds is 5. The summed E-state index contributed by atoms with van der Waals surface area (Å²) in [6.07, 6.45) is 1.44. The SMILES string of the molecule is O=C(O)COC(=O)Cc1cn(C(=O)c2ccc(Cl)cc2)c2ccccc12.S=S=S=S=S=S=S=S=S=S=S=S=S=S=S=S=S=S=S=S=S=S=S=S=S=S=S=S=S=S. The van der Waals surface area contributed by atoms with Gasteiger partial charge in [-0.25, -0.2) is 4.79 Å². The zero-order valence-electron chi connectivity index (χ0n) is 25.8. The number of halogens is 1. The smallest absolute Gasteiger partial charge is 0.341 e. The lowest BCUT2D eigenvalue weighted by Crippen LogP contribution is -2.14. The van der Waals surface area contributed by atoms with Crippen LogP contribution in [0.5, 0.6) is 0 Å². The van der Waals surface area contributed by atoms with E-state index in [1.165, 1.54) is 22.3 Å². The van der Waals surface area contributed by atoms with Crippen LogP contribution in [0.15, 0.2) is 54.7 Å². The Hall–Kier alpha value is 3.48. The van der Waals surface area contributed by atoms with Gasteiger partial charge in [-0.1, -0.05) is 29.8 Å². The second-order valence-corrected chi connectivity index (χ2v) is 57.5. The summed E-state index contributed by atoms with van der Waals surface area (Å²) in [4.78, 5) is 35.2. The van der Waals surface area contributed by atoms with Gasteiger partial charge in [-0.3, -0.25) is 14.2 Å². The standard InChI is InChI=1S/C19H14ClNO5.S30/c20-14-7-5-12(6-8-14)19(25)21-10-13(9-18(24)26-11-17(22)23)15-3-1-2-4-16(15)21;1-3-5-7-9-11-13-15-17-19-21-23-25-27-29-30-28-26-24-22-20-18-16-14-12-10-8-6-4-2/h1-8,10H,9,11H2,(H,22,23);. The molecule has 2 aromatic carbocycles. The summed E-state index contributed by atoms with van der Waals surface area (Å²) in [6, 6.07) is 13.7. The Kier molecular flexibility index (Phi) is 38.6. The van der Waals surface area contributed by atoms with E-state index in [0.29, 0.717) is 21.7 Å². The minimum atomic E-state index is -1.22. The monoisotopic (exact) mass is 1330 g/mol. The molecular formula is C19H14ClNO5S30. The Morgan fingerprint density at radius 1 is 0.571 bits per heavy atom. The number of nitrogens with zero attached hydrogens (tertiary/aromatic N) is 1. The normalized spacial score (nSPS) is 9.02. The number of hydrogen-bond donors (Lipinski definition) is 1. The summed E-state index contributed by atoms with van der Waals surface area (Å²) in [5.74, 6) is -2.16.